The molecule has 0 fully saturated rings. The first-order valence-corrected chi connectivity index (χ1v) is 7.06. The molecule has 8 heteroatoms. The number of carbonyl (C=O) groups excluding carboxylic acids is 2. The number of carbonyl (C=O) groups is 2. The Hall–Kier alpha value is -3.29. The molecule has 0 saturated carbocycles. The fourth-order valence-electron chi connectivity index (χ4n) is 2.32. The lowest BCUT2D eigenvalue weighted by atomic mass is 10.0. The van der Waals surface area contributed by atoms with Gasteiger partial charge in [-0.2, -0.15) is 0 Å². The Morgan fingerprint density at radius 1 is 1.17 bits per heavy atom. The van der Waals surface area contributed by atoms with Gasteiger partial charge in [0, 0.05) is 5.56 Å². The summed E-state index contributed by atoms with van der Waals surface area (Å²) in [4.78, 5) is 24.2. The summed E-state index contributed by atoms with van der Waals surface area (Å²) < 4.78 is 17.5. The van der Waals surface area contributed by atoms with Crippen molar-refractivity contribution < 1.29 is 18.4 Å². The molecule has 2 amide bonds. The maximum atomic E-state index is 12.5. The molecular weight excluding hydrogens is 315 g/mol. The van der Waals surface area contributed by atoms with Crippen molar-refractivity contribution in [3.63, 3.8) is 0 Å². The van der Waals surface area contributed by atoms with Crippen LogP contribution in [-0.4, -0.2) is 22.0 Å². The summed E-state index contributed by atoms with van der Waals surface area (Å²) in [6, 6.07) is 11.2. The highest BCUT2D eigenvalue weighted by atomic mass is 19.1. The number of nitrogens with two attached hydrogens (primary N) is 1. The number of nitrogens with one attached hydrogen (secondary N) is 1. The second-order valence-electron chi connectivity index (χ2n) is 5.00. The average molecular weight is 328 g/mol. The van der Waals surface area contributed by atoms with Crippen molar-refractivity contribution in [3.05, 3.63) is 59.8 Å². The number of hydrogen-bond donors (Lipinski definition) is 2. The third kappa shape index (κ3) is 2.94. The van der Waals surface area contributed by atoms with E-state index in [1.165, 1.54) is 0 Å². The fourth-order valence-corrected chi connectivity index (χ4v) is 2.32. The molecule has 0 radical (unpaired) electrons. The van der Waals surface area contributed by atoms with Crippen LogP contribution in [-0.2, 0) is 11.5 Å². The standard InChI is InChI=1S/C16H13FN4O3/c17-8-12-20-21-16(24-12)13(14(18)22)19-15(23)11-7-3-5-9-4-1-2-6-10(9)11/h1-7,13H,8H2,(H2,18,22)(H,19,23)/t13-/m1/s1. The monoisotopic (exact) mass is 328 g/mol. The van der Waals surface area contributed by atoms with Gasteiger partial charge >= 0.3 is 0 Å². The maximum absolute atomic E-state index is 12.5. The topological polar surface area (TPSA) is 111 Å². The van der Waals surface area contributed by atoms with E-state index in [0.717, 1.165) is 10.8 Å². The van der Waals surface area contributed by atoms with Gasteiger partial charge in [0.25, 0.3) is 5.91 Å². The molecule has 0 unspecified atom stereocenters. The molecule has 0 saturated heterocycles. The van der Waals surface area contributed by atoms with Crippen LogP contribution < -0.4 is 11.1 Å². The number of rotatable bonds is 5. The molecule has 0 aliphatic carbocycles. The smallest absolute Gasteiger partial charge is 0.252 e. The van der Waals surface area contributed by atoms with Crippen molar-refractivity contribution in [1.29, 1.82) is 0 Å². The number of nitrogens with zero attached hydrogens (tertiary/aromatic N) is 2. The minimum Gasteiger partial charge on any atom is -0.420 e. The van der Waals surface area contributed by atoms with Crippen molar-refractivity contribution in [3.8, 4) is 0 Å². The Bertz CT molecular complexity index is 904. The quantitative estimate of drug-likeness (QED) is 0.740. The van der Waals surface area contributed by atoms with Crippen molar-refractivity contribution in [2.24, 2.45) is 5.73 Å². The lowest BCUT2D eigenvalue weighted by Crippen LogP contribution is -2.37. The van der Waals surface area contributed by atoms with E-state index < -0.39 is 24.5 Å². The number of fused-ring (bicyclic) bond motifs is 1. The number of alkyl halides is 1. The van der Waals surface area contributed by atoms with E-state index in [-0.39, 0.29) is 11.8 Å². The zero-order valence-corrected chi connectivity index (χ0v) is 12.4. The molecule has 3 aromatic rings. The molecule has 1 heterocycles. The first-order chi connectivity index (χ1) is 11.6. The zero-order valence-electron chi connectivity index (χ0n) is 12.4. The highest BCUT2D eigenvalue weighted by Crippen LogP contribution is 2.20. The zero-order chi connectivity index (χ0) is 17.1. The Morgan fingerprint density at radius 3 is 2.62 bits per heavy atom. The van der Waals surface area contributed by atoms with E-state index in [1.54, 1.807) is 24.3 Å². The fraction of sp³-hybridized carbons (Fsp3) is 0.125. The lowest BCUT2D eigenvalue weighted by Gasteiger charge is -2.13. The van der Waals surface area contributed by atoms with E-state index in [2.05, 4.69) is 15.5 Å². The Balaban J connectivity index is 1.92. The van der Waals surface area contributed by atoms with E-state index in [4.69, 9.17) is 10.2 Å². The van der Waals surface area contributed by atoms with Crippen LogP contribution in [0.5, 0.6) is 0 Å². The van der Waals surface area contributed by atoms with Gasteiger partial charge in [0.05, 0.1) is 0 Å². The van der Waals surface area contributed by atoms with Crippen molar-refractivity contribution in [2.75, 3.05) is 0 Å². The van der Waals surface area contributed by atoms with Crippen molar-refractivity contribution in [1.82, 2.24) is 15.5 Å². The highest BCUT2D eigenvalue weighted by Gasteiger charge is 2.27. The number of primary amides is 1. The van der Waals surface area contributed by atoms with E-state index >= 15 is 0 Å². The van der Waals surface area contributed by atoms with Crippen LogP contribution >= 0.6 is 0 Å². The molecule has 7 nitrogen and oxygen atoms in total. The second-order valence-corrected chi connectivity index (χ2v) is 5.00. The molecule has 24 heavy (non-hydrogen) atoms. The summed E-state index contributed by atoms with van der Waals surface area (Å²) in [5.41, 5.74) is 5.65. The van der Waals surface area contributed by atoms with Gasteiger partial charge in [0.15, 0.2) is 12.7 Å². The third-order valence-corrected chi connectivity index (χ3v) is 3.44. The van der Waals surface area contributed by atoms with Gasteiger partial charge in [-0.25, -0.2) is 4.39 Å². The van der Waals surface area contributed by atoms with Crippen LogP contribution in [0.4, 0.5) is 4.39 Å². The molecule has 1 atom stereocenters. The average Bonchev–Trinajstić information content (AvgIpc) is 3.07. The SMILES string of the molecule is NC(=O)[C@@H](NC(=O)c1cccc2ccccc12)c1nnc(CF)o1. The summed E-state index contributed by atoms with van der Waals surface area (Å²) in [5, 5.41) is 11.0. The molecule has 122 valence electrons. The molecule has 3 rings (SSSR count). The number of benzene rings is 2. The summed E-state index contributed by atoms with van der Waals surface area (Å²) >= 11 is 0. The molecule has 0 spiro atoms. The van der Waals surface area contributed by atoms with Gasteiger partial charge in [0.2, 0.25) is 17.7 Å². The van der Waals surface area contributed by atoms with Crippen molar-refractivity contribution in [2.45, 2.75) is 12.7 Å². The molecule has 0 aliphatic rings. The maximum Gasteiger partial charge on any atom is 0.252 e. The van der Waals surface area contributed by atoms with Crippen LogP contribution in [0, 0.1) is 0 Å². The second kappa shape index (κ2) is 6.45. The first-order valence-electron chi connectivity index (χ1n) is 7.06. The van der Waals surface area contributed by atoms with Gasteiger partial charge in [-0.3, -0.25) is 9.59 Å². The molecule has 2 aromatic carbocycles. The molecule has 0 aliphatic heterocycles. The summed E-state index contributed by atoms with van der Waals surface area (Å²) in [6.07, 6.45) is 0. The van der Waals surface area contributed by atoms with Gasteiger partial charge < -0.3 is 15.5 Å². The number of halogens is 1. The number of aromatic nitrogens is 2. The molecule has 3 N–H and O–H groups in total. The van der Waals surface area contributed by atoms with Crippen LogP contribution in [0.3, 0.4) is 0 Å². The molecule has 0 bridgehead atoms. The Kier molecular flexibility index (Phi) is 4.19. The molecule has 1 aromatic heterocycles. The number of amides is 2. The van der Waals surface area contributed by atoms with E-state index in [1.807, 2.05) is 18.2 Å². The van der Waals surface area contributed by atoms with Crippen LogP contribution in [0.25, 0.3) is 10.8 Å². The van der Waals surface area contributed by atoms with Gasteiger partial charge in [-0.15, -0.1) is 10.2 Å². The lowest BCUT2D eigenvalue weighted by molar-refractivity contribution is -0.120. The van der Waals surface area contributed by atoms with Crippen LogP contribution in [0.1, 0.15) is 28.2 Å². The Labute approximate surface area is 135 Å². The van der Waals surface area contributed by atoms with Crippen molar-refractivity contribution >= 4 is 22.6 Å². The third-order valence-electron chi connectivity index (χ3n) is 3.44. The Morgan fingerprint density at radius 2 is 1.92 bits per heavy atom. The summed E-state index contributed by atoms with van der Waals surface area (Å²) in [6.45, 7) is -0.976. The van der Waals surface area contributed by atoms with Gasteiger partial charge in [-0.05, 0) is 16.8 Å². The first kappa shape index (κ1) is 15.6. The summed E-state index contributed by atoms with van der Waals surface area (Å²) in [7, 11) is 0. The predicted octanol–water partition coefficient (Wildman–Crippen LogP) is 1.65. The van der Waals surface area contributed by atoms with Gasteiger partial charge in [0.1, 0.15) is 0 Å². The van der Waals surface area contributed by atoms with Crippen LogP contribution in [0.2, 0.25) is 0 Å². The summed E-state index contributed by atoms with van der Waals surface area (Å²) in [5.74, 6) is -1.98. The predicted molar refractivity (Wildman–Crippen MR) is 82.5 cm³/mol. The van der Waals surface area contributed by atoms with E-state index in [0.29, 0.717) is 5.56 Å². The normalized spacial score (nSPS) is 12.0. The largest absolute Gasteiger partial charge is 0.420 e. The minimum absolute atomic E-state index is 0.260. The van der Waals surface area contributed by atoms with Gasteiger partial charge in [-0.1, -0.05) is 36.4 Å². The molecular formula is C16H13FN4O3. The highest BCUT2D eigenvalue weighted by molar-refractivity contribution is 6.08. The minimum atomic E-state index is -1.34. The van der Waals surface area contributed by atoms with E-state index in [9.17, 15) is 14.0 Å². The van der Waals surface area contributed by atoms with Crippen LogP contribution in [0.15, 0.2) is 46.9 Å². The number of hydrogen-bond acceptors (Lipinski definition) is 5.